The van der Waals surface area contributed by atoms with Crippen molar-refractivity contribution in [2.45, 2.75) is 57.9 Å². The summed E-state index contributed by atoms with van der Waals surface area (Å²) in [5, 5.41) is 5.78. The Bertz CT molecular complexity index is 1050. The molecule has 2 heterocycles. The van der Waals surface area contributed by atoms with Gasteiger partial charge in [0.1, 0.15) is 0 Å². The van der Waals surface area contributed by atoms with Gasteiger partial charge in [0, 0.05) is 35.9 Å². The number of aryl methyl sites for hydroxylation is 2. The fourth-order valence-corrected chi connectivity index (χ4v) is 4.64. The van der Waals surface area contributed by atoms with Gasteiger partial charge in [-0.2, -0.15) is 4.98 Å². The summed E-state index contributed by atoms with van der Waals surface area (Å²) in [4.78, 5) is 23.9. The number of thioether (sulfide) groups is 1. The molecule has 8 heteroatoms. The zero-order chi connectivity index (χ0) is 21.8. The molecule has 6 nitrogen and oxygen atoms in total. The number of nitrogens with zero attached hydrogens (tertiary/aromatic N) is 5. The number of carbonyl (C=O) groups excluding carboxylic acids is 1. The monoisotopic (exact) mass is 445 g/mol. The van der Waals surface area contributed by atoms with Gasteiger partial charge in [-0.1, -0.05) is 48.5 Å². The molecule has 0 saturated carbocycles. The lowest BCUT2D eigenvalue weighted by molar-refractivity contribution is -0.130. The van der Waals surface area contributed by atoms with Crippen LogP contribution in [0.4, 0.5) is 0 Å². The Kier molecular flexibility index (Phi) is 7.36. The summed E-state index contributed by atoms with van der Waals surface area (Å²) in [7, 11) is 0. The Morgan fingerprint density at radius 1 is 1.17 bits per heavy atom. The fraction of sp³-hybridized carbons (Fsp3) is 0.455. The van der Waals surface area contributed by atoms with Gasteiger partial charge >= 0.3 is 0 Å². The average Bonchev–Trinajstić information content (AvgIpc) is 3.14. The first-order chi connectivity index (χ1) is 14.4. The third-order valence-corrected chi connectivity index (χ3v) is 6.90. The summed E-state index contributed by atoms with van der Waals surface area (Å²) in [6.45, 7) is 11.4. The van der Waals surface area contributed by atoms with Crippen LogP contribution in [0.3, 0.4) is 0 Å². The number of hydrogen-bond acceptors (Lipinski definition) is 5. The second-order valence-corrected chi connectivity index (χ2v) is 8.74. The number of carbonyl (C=O) groups is 1. The third kappa shape index (κ3) is 4.62. The molecule has 0 fully saturated rings. The molecule has 0 N–H and O–H groups in total. The van der Waals surface area contributed by atoms with Crippen LogP contribution in [0.1, 0.15) is 49.7 Å². The molecule has 1 unspecified atom stereocenters. The maximum Gasteiger partial charge on any atom is 0.253 e. The van der Waals surface area contributed by atoms with Crippen molar-refractivity contribution >= 4 is 35.0 Å². The number of halogens is 1. The number of hydrogen-bond donors (Lipinski definition) is 0. The smallest absolute Gasteiger partial charge is 0.253 e. The second kappa shape index (κ2) is 9.79. The molecule has 0 radical (unpaired) electrons. The average molecular weight is 446 g/mol. The maximum atomic E-state index is 12.8. The Morgan fingerprint density at radius 3 is 2.50 bits per heavy atom. The van der Waals surface area contributed by atoms with Crippen molar-refractivity contribution in [1.29, 1.82) is 0 Å². The first-order valence-corrected chi connectivity index (χ1v) is 11.6. The van der Waals surface area contributed by atoms with Crippen LogP contribution in [0, 0.1) is 13.8 Å². The Labute approximate surface area is 187 Å². The Morgan fingerprint density at radius 2 is 1.87 bits per heavy atom. The van der Waals surface area contributed by atoms with Gasteiger partial charge in [-0.05, 0) is 51.3 Å². The van der Waals surface area contributed by atoms with Crippen molar-refractivity contribution in [3.63, 3.8) is 0 Å². The van der Waals surface area contributed by atoms with Crippen LogP contribution < -0.4 is 0 Å². The maximum absolute atomic E-state index is 12.8. The fourth-order valence-electron chi connectivity index (χ4n) is 3.50. The number of benzene rings is 1. The molecule has 0 aliphatic carbocycles. The largest absolute Gasteiger partial charge is 0.342 e. The van der Waals surface area contributed by atoms with E-state index in [0.29, 0.717) is 30.4 Å². The van der Waals surface area contributed by atoms with Crippen molar-refractivity contribution in [2.24, 2.45) is 0 Å². The normalized spacial score (nSPS) is 12.3. The molecule has 1 atom stereocenters. The minimum atomic E-state index is -0.202. The zero-order valence-corrected chi connectivity index (χ0v) is 19.7. The molecular formula is C22H28ClN5OS. The summed E-state index contributed by atoms with van der Waals surface area (Å²) < 4.78 is 1.77. The van der Waals surface area contributed by atoms with Crippen LogP contribution in [0.25, 0.3) is 5.78 Å². The van der Waals surface area contributed by atoms with Crippen LogP contribution >= 0.6 is 23.4 Å². The van der Waals surface area contributed by atoms with Crippen LogP contribution in [-0.4, -0.2) is 48.7 Å². The van der Waals surface area contributed by atoms with Gasteiger partial charge in [-0.25, -0.2) is 9.50 Å². The van der Waals surface area contributed by atoms with Crippen molar-refractivity contribution < 1.29 is 4.79 Å². The van der Waals surface area contributed by atoms with E-state index in [4.69, 9.17) is 11.6 Å². The van der Waals surface area contributed by atoms with Gasteiger partial charge in [0.15, 0.2) is 0 Å². The molecule has 0 spiro atoms. The van der Waals surface area contributed by atoms with E-state index >= 15 is 0 Å². The lowest BCUT2D eigenvalue weighted by Gasteiger charge is -2.23. The molecular weight excluding hydrogens is 418 g/mol. The van der Waals surface area contributed by atoms with E-state index in [1.54, 1.807) is 4.52 Å². The van der Waals surface area contributed by atoms with Crippen LogP contribution in [-0.2, 0) is 11.2 Å². The molecule has 3 aromatic rings. The van der Waals surface area contributed by atoms with Crippen LogP contribution in [0.15, 0.2) is 29.4 Å². The first kappa shape index (κ1) is 22.6. The molecule has 0 saturated heterocycles. The molecule has 0 bridgehead atoms. The summed E-state index contributed by atoms with van der Waals surface area (Å²) in [6.07, 6.45) is 1.40. The minimum absolute atomic E-state index is 0.131. The number of rotatable bonds is 8. The molecule has 30 heavy (non-hydrogen) atoms. The van der Waals surface area contributed by atoms with E-state index in [2.05, 4.69) is 15.1 Å². The molecule has 160 valence electrons. The highest BCUT2D eigenvalue weighted by Crippen LogP contribution is 2.27. The summed E-state index contributed by atoms with van der Waals surface area (Å²) in [5.74, 6) is 0.687. The number of fused-ring (bicyclic) bond motifs is 1. The van der Waals surface area contributed by atoms with Crippen LogP contribution in [0.5, 0.6) is 0 Å². The molecule has 2 aromatic heterocycles. The van der Waals surface area contributed by atoms with Crippen molar-refractivity contribution in [3.05, 3.63) is 51.8 Å². The lowest BCUT2D eigenvalue weighted by Crippen LogP contribution is -2.37. The molecule has 1 aromatic carbocycles. The Balaban J connectivity index is 1.92. The van der Waals surface area contributed by atoms with E-state index in [1.807, 2.05) is 63.8 Å². The Hall–Kier alpha value is -2.12. The van der Waals surface area contributed by atoms with E-state index in [-0.39, 0.29) is 11.2 Å². The predicted octanol–water partition coefficient (Wildman–Crippen LogP) is 4.72. The SMILES string of the molecule is CCC(Sc1nc2nc(C)c(Cc3ccccc3Cl)c(C)n2n1)C(=O)N(CC)CC. The van der Waals surface area contributed by atoms with Crippen molar-refractivity contribution in [2.75, 3.05) is 13.1 Å². The summed E-state index contributed by atoms with van der Waals surface area (Å²) in [6, 6.07) is 7.84. The predicted molar refractivity (Wildman–Crippen MR) is 122 cm³/mol. The highest BCUT2D eigenvalue weighted by atomic mass is 35.5. The van der Waals surface area contributed by atoms with Crippen molar-refractivity contribution in [1.82, 2.24) is 24.5 Å². The van der Waals surface area contributed by atoms with E-state index < -0.39 is 0 Å². The van der Waals surface area contributed by atoms with E-state index in [0.717, 1.165) is 34.0 Å². The van der Waals surface area contributed by atoms with Gasteiger partial charge in [0.05, 0.1) is 5.25 Å². The second-order valence-electron chi connectivity index (χ2n) is 7.16. The van der Waals surface area contributed by atoms with Gasteiger partial charge in [-0.15, -0.1) is 5.10 Å². The van der Waals surface area contributed by atoms with E-state index in [9.17, 15) is 4.79 Å². The summed E-state index contributed by atoms with van der Waals surface area (Å²) in [5.41, 5.74) is 4.04. The van der Waals surface area contributed by atoms with Crippen LogP contribution in [0.2, 0.25) is 5.02 Å². The molecule has 0 aliphatic heterocycles. The quantitative estimate of drug-likeness (QED) is 0.469. The molecule has 1 amide bonds. The third-order valence-electron chi connectivity index (χ3n) is 5.32. The van der Waals surface area contributed by atoms with Gasteiger partial charge in [-0.3, -0.25) is 4.79 Å². The standard InChI is InChI=1S/C22H28ClN5OS/c1-6-19(20(29)27(7-2)8-3)30-22-25-21-24-14(4)17(15(5)28(21)26-22)13-16-11-9-10-12-18(16)23/h9-12,19H,6-8,13H2,1-5H3. The first-order valence-electron chi connectivity index (χ1n) is 10.3. The molecule has 0 aliphatic rings. The highest BCUT2D eigenvalue weighted by molar-refractivity contribution is 8.00. The van der Waals surface area contributed by atoms with E-state index in [1.165, 1.54) is 11.8 Å². The van der Waals surface area contributed by atoms with Gasteiger partial charge < -0.3 is 4.90 Å². The number of amides is 1. The molecule has 3 rings (SSSR count). The lowest BCUT2D eigenvalue weighted by atomic mass is 10.0. The summed E-state index contributed by atoms with van der Waals surface area (Å²) >= 11 is 7.77. The van der Waals surface area contributed by atoms with Gasteiger partial charge in [0.2, 0.25) is 11.1 Å². The number of aromatic nitrogens is 4. The highest BCUT2D eigenvalue weighted by Gasteiger charge is 2.24. The zero-order valence-electron chi connectivity index (χ0n) is 18.1. The topological polar surface area (TPSA) is 63.4 Å². The van der Waals surface area contributed by atoms with Crippen molar-refractivity contribution in [3.8, 4) is 0 Å². The van der Waals surface area contributed by atoms with Gasteiger partial charge in [0.25, 0.3) is 5.78 Å². The minimum Gasteiger partial charge on any atom is -0.342 e.